The standard InChI is InChI=1S/C27H24ClN5O3/c1-17-24(26(34)32-20-9-4-3-5-10-20)25(33-27(31-17)29-16-30-33)18-12-13-22(23(14-18)35-2)36-15-19-8-6-7-11-21(19)28/h3-14,16,25H,15H2,1-2H3,(H,32,34)(H,29,30,31). The van der Waals surface area contributed by atoms with E-state index in [-0.39, 0.29) is 5.91 Å². The van der Waals surface area contributed by atoms with Crippen LogP contribution in [0, 0.1) is 0 Å². The number of ether oxygens (including phenoxy) is 2. The van der Waals surface area contributed by atoms with E-state index >= 15 is 0 Å². The molecule has 2 heterocycles. The minimum Gasteiger partial charge on any atom is -0.493 e. The molecule has 2 N–H and O–H groups in total. The molecule has 8 nitrogen and oxygen atoms in total. The molecule has 1 unspecified atom stereocenters. The van der Waals surface area contributed by atoms with Crippen molar-refractivity contribution < 1.29 is 14.3 Å². The van der Waals surface area contributed by atoms with Gasteiger partial charge in [0, 0.05) is 22.0 Å². The van der Waals surface area contributed by atoms with Gasteiger partial charge in [-0.05, 0) is 42.8 Å². The molecule has 0 aliphatic carbocycles. The van der Waals surface area contributed by atoms with Gasteiger partial charge in [-0.1, -0.05) is 54.1 Å². The van der Waals surface area contributed by atoms with E-state index in [1.54, 1.807) is 11.8 Å². The molecule has 0 fully saturated rings. The number of amides is 1. The van der Waals surface area contributed by atoms with E-state index in [1.165, 1.54) is 6.33 Å². The average Bonchev–Trinajstić information content (AvgIpc) is 3.36. The molecule has 0 bridgehead atoms. The second-order valence-corrected chi connectivity index (χ2v) is 8.61. The fourth-order valence-electron chi connectivity index (χ4n) is 4.16. The van der Waals surface area contributed by atoms with Crippen LogP contribution in [-0.4, -0.2) is 27.8 Å². The number of carbonyl (C=O) groups is 1. The largest absolute Gasteiger partial charge is 0.493 e. The summed E-state index contributed by atoms with van der Waals surface area (Å²) in [7, 11) is 1.58. The topological polar surface area (TPSA) is 90.3 Å². The van der Waals surface area contributed by atoms with Crippen LogP contribution in [-0.2, 0) is 11.4 Å². The zero-order chi connectivity index (χ0) is 25.1. The normalized spacial score (nSPS) is 14.6. The summed E-state index contributed by atoms with van der Waals surface area (Å²) in [5.41, 5.74) is 3.57. The molecule has 5 rings (SSSR count). The van der Waals surface area contributed by atoms with Crippen molar-refractivity contribution in [1.82, 2.24) is 14.8 Å². The van der Waals surface area contributed by atoms with Crippen molar-refractivity contribution in [3.63, 3.8) is 0 Å². The molecule has 1 atom stereocenters. The van der Waals surface area contributed by atoms with E-state index in [0.717, 1.165) is 11.1 Å². The first-order valence-corrected chi connectivity index (χ1v) is 11.7. The summed E-state index contributed by atoms with van der Waals surface area (Å²) in [6.07, 6.45) is 1.46. The first-order valence-electron chi connectivity index (χ1n) is 11.3. The number of nitrogens with zero attached hydrogens (tertiary/aromatic N) is 3. The van der Waals surface area contributed by atoms with E-state index in [1.807, 2.05) is 79.7 Å². The van der Waals surface area contributed by atoms with E-state index in [0.29, 0.717) is 46.0 Å². The van der Waals surface area contributed by atoms with Gasteiger partial charge in [-0.25, -0.2) is 4.68 Å². The Bertz CT molecular complexity index is 1430. The van der Waals surface area contributed by atoms with Gasteiger partial charge in [-0.3, -0.25) is 4.79 Å². The van der Waals surface area contributed by atoms with E-state index < -0.39 is 6.04 Å². The highest BCUT2D eigenvalue weighted by Crippen LogP contribution is 2.39. The predicted octanol–water partition coefficient (Wildman–Crippen LogP) is 5.45. The SMILES string of the molecule is COc1cc(C2C(C(=O)Nc3ccccc3)=C(C)Nc3ncnn32)ccc1OCc1ccccc1Cl. The molecule has 1 aliphatic heterocycles. The summed E-state index contributed by atoms with van der Waals surface area (Å²) in [5, 5.41) is 11.2. The Morgan fingerprint density at radius 2 is 1.86 bits per heavy atom. The van der Waals surface area contributed by atoms with Crippen molar-refractivity contribution >= 4 is 29.1 Å². The molecule has 1 aliphatic rings. The number of benzene rings is 3. The van der Waals surface area contributed by atoms with Gasteiger partial charge in [0.05, 0.1) is 12.7 Å². The fourth-order valence-corrected chi connectivity index (χ4v) is 4.35. The molecule has 3 aromatic carbocycles. The van der Waals surface area contributed by atoms with Crippen LogP contribution in [0.4, 0.5) is 11.6 Å². The number of hydrogen-bond donors (Lipinski definition) is 2. The van der Waals surface area contributed by atoms with Crippen LogP contribution in [0.2, 0.25) is 5.02 Å². The van der Waals surface area contributed by atoms with E-state index in [9.17, 15) is 4.79 Å². The minimum atomic E-state index is -0.529. The maximum atomic E-state index is 13.5. The monoisotopic (exact) mass is 501 g/mol. The number of aromatic nitrogens is 3. The fraction of sp³-hybridized carbons (Fsp3) is 0.148. The van der Waals surface area contributed by atoms with E-state index in [2.05, 4.69) is 20.7 Å². The molecule has 0 radical (unpaired) electrons. The molecule has 4 aromatic rings. The second-order valence-electron chi connectivity index (χ2n) is 8.20. The smallest absolute Gasteiger partial charge is 0.255 e. The van der Waals surface area contributed by atoms with Crippen molar-refractivity contribution in [1.29, 1.82) is 0 Å². The predicted molar refractivity (Wildman–Crippen MR) is 138 cm³/mol. The molecular formula is C27H24ClN5O3. The van der Waals surface area contributed by atoms with Crippen LogP contribution in [0.25, 0.3) is 0 Å². The maximum absolute atomic E-state index is 13.5. The van der Waals surface area contributed by atoms with Crippen LogP contribution in [0.15, 0.2) is 90.4 Å². The lowest BCUT2D eigenvalue weighted by Gasteiger charge is -2.29. The van der Waals surface area contributed by atoms with Gasteiger partial charge < -0.3 is 20.1 Å². The Balaban J connectivity index is 1.48. The number of para-hydroxylation sites is 1. The van der Waals surface area contributed by atoms with Gasteiger partial charge in [-0.2, -0.15) is 10.1 Å². The molecule has 1 aromatic heterocycles. The number of carbonyl (C=O) groups excluding carboxylic acids is 1. The van der Waals surface area contributed by atoms with Crippen molar-refractivity contribution in [2.75, 3.05) is 17.7 Å². The zero-order valence-corrected chi connectivity index (χ0v) is 20.5. The Labute approximate surface area is 213 Å². The first-order chi connectivity index (χ1) is 17.5. The lowest BCUT2D eigenvalue weighted by atomic mass is 9.94. The number of hydrogen-bond acceptors (Lipinski definition) is 6. The second kappa shape index (κ2) is 10.1. The Morgan fingerprint density at radius 3 is 2.64 bits per heavy atom. The number of allylic oxidation sites excluding steroid dienone is 1. The van der Waals surface area contributed by atoms with Gasteiger partial charge in [0.25, 0.3) is 5.91 Å². The third-order valence-electron chi connectivity index (χ3n) is 5.92. The summed E-state index contributed by atoms with van der Waals surface area (Å²) in [5.74, 6) is 1.40. The summed E-state index contributed by atoms with van der Waals surface area (Å²) in [6, 6.07) is 21.9. The molecule has 1 amide bonds. The van der Waals surface area contributed by atoms with Gasteiger partial charge in [0.1, 0.15) is 19.0 Å². The summed E-state index contributed by atoms with van der Waals surface area (Å²) >= 11 is 6.27. The zero-order valence-electron chi connectivity index (χ0n) is 19.7. The molecule has 9 heteroatoms. The van der Waals surface area contributed by atoms with Crippen LogP contribution in [0.1, 0.15) is 24.1 Å². The number of halogens is 1. The molecule has 0 saturated carbocycles. The summed E-state index contributed by atoms with van der Waals surface area (Å²) < 4.78 is 13.4. The minimum absolute atomic E-state index is 0.240. The molecule has 182 valence electrons. The van der Waals surface area contributed by atoms with Crippen molar-refractivity contribution in [2.24, 2.45) is 0 Å². The first kappa shape index (κ1) is 23.4. The van der Waals surface area contributed by atoms with Crippen molar-refractivity contribution in [3.8, 4) is 11.5 Å². The number of fused-ring (bicyclic) bond motifs is 1. The van der Waals surface area contributed by atoms with Crippen LogP contribution in [0.5, 0.6) is 11.5 Å². The molecule has 0 saturated heterocycles. The van der Waals surface area contributed by atoms with Crippen molar-refractivity contribution in [2.45, 2.75) is 19.6 Å². The van der Waals surface area contributed by atoms with Gasteiger partial charge in [0.2, 0.25) is 5.95 Å². The Kier molecular flexibility index (Phi) is 6.60. The lowest BCUT2D eigenvalue weighted by molar-refractivity contribution is -0.113. The van der Waals surface area contributed by atoms with Crippen LogP contribution < -0.4 is 20.1 Å². The lowest BCUT2D eigenvalue weighted by Crippen LogP contribution is -2.31. The summed E-state index contributed by atoms with van der Waals surface area (Å²) in [4.78, 5) is 17.8. The Hall–Kier alpha value is -4.30. The highest BCUT2D eigenvalue weighted by Gasteiger charge is 2.34. The molecule has 36 heavy (non-hydrogen) atoms. The number of nitrogens with one attached hydrogen (secondary N) is 2. The average molecular weight is 502 g/mol. The third-order valence-corrected chi connectivity index (χ3v) is 6.28. The maximum Gasteiger partial charge on any atom is 0.255 e. The van der Waals surface area contributed by atoms with E-state index in [4.69, 9.17) is 21.1 Å². The highest BCUT2D eigenvalue weighted by atomic mass is 35.5. The number of anilines is 2. The van der Waals surface area contributed by atoms with Gasteiger partial charge in [0.15, 0.2) is 11.5 Å². The van der Waals surface area contributed by atoms with Crippen molar-refractivity contribution in [3.05, 3.63) is 107 Å². The van der Waals surface area contributed by atoms with Crippen LogP contribution >= 0.6 is 11.6 Å². The quantitative estimate of drug-likeness (QED) is 0.350. The highest BCUT2D eigenvalue weighted by molar-refractivity contribution is 6.31. The number of rotatable bonds is 7. The molecule has 0 spiro atoms. The van der Waals surface area contributed by atoms with Crippen LogP contribution in [0.3, 0.4) is 0 Å². The third kappa shape index (κ3) is 4.63. The number of methoxy groups -OCH3 is 1. The van der Waals surface area contributed by atoms with Gasteiger partial charge in [-0.15, -0.1) is 0 Å². The van der Waals surface area contributed by atoms with Gasteiger partial charge >= 0.3 is 0 Å². The molecular weight excluding hydrogens is 478 g/mol. The summed E-state index contributed by atoms with van der Waals surface area (Å²) in [6.45, 7) is 2.14. The Morgan fingerprint density at radius 1 is 1.08 bits per heavy atom.